The molecule has 2 aromatic heterocycles. The Morgan fingerprint density at radius 3 is 2.53 bits per heavy atom. The largest absolute Gasteiger partial charge is 0.494 e. The van der Waals surface area contributed by atoms with Crippen molar-refractivity contribution in [1.82, 2.24) is 15.0 Å². The number of rotatable bonds is 1. The predicted molar refractivity (Wildman–Crippen MR) is 57.1 cm³/mol. The zero-order chi connectivity index (χ0) is 10.8. The topological polar surface area (TPSA) is 81.8 Å². The first-order valence-corrected chi connectivity index (χ1v) is 4.55. The second kappa shape index (κ2) is 3.66. The fourth-order valence-electron chi connectivity index (χ4n) is 1.26. The molecule has 0 atom stereocenters. The van der Waals surface area contributed by atoms with Crippen molar-refractivity contribution in [3.63, 3.8) is 0 Å². The molecule has 0 spiro atoms. The maximum absolute atomic E-state index is 11.5. The van der Waals surface area contributed by atoms with E-state index in [-0.39, 0.29) is 16.2 Å². The van der Waals surface area contributed by atoms with Gasteiger partial charge >= 0.3 is 0 Å². The SMILES string of the molecule is O=c1[nH]c(=S)[nH]c(O)c1-c1ccncc1. The highest BCUT2D eigenvalue weighted by molar-refractivity contribution is 7.71. The molecule has 2 rings (SSSR count). The van der Waals surface area contributed by atoms with Gasteiger partial charge in [-0.05, 0) is 29.9 Å². The van der Waals surface area contributed by atoms with Gasteiger partial charge in [-0.25, -0.2) is 0 Å². The van der Waals surface area contributed by atoms with Crippen molar-refractivity contribution < 1.29 is 5.11 Å². The van der Waals surface area contributed by atoms with Crippen LogP contribution in [0.5, 0.6) is 5.88 Å². The molecule has 0 aliphatic heterocycles. The van der Waals surface area contributed by atoms with E-state index in [0.29, 0.717) is 5.56 Å². The van der Waals surface area contributed by atoms with E-state index >= 15 is 0 Å². The van der Waals surface area contributed by atoms with Gasteiger partial charge in [0, 0.05) is 12.4 Å². The quantitative estimate of drug-likeness (QED) is 0.632. The molecule has 3 N–H and O–H groups in total. The Morgan fingerprint density at radius 2 is 1.93 bits per heavy atom. The molecule has 0 amide bonds. The van der Waals surface area contributed by atoms with Crippen LogP contribution in [0.3, 0.4) is 0 Å². The summed E-state index contributed by atoms with van der Waals surface area (Å²) in [6.45, 7) is 0. The number of aromatic hydroxyl groups is 1. The van der Waals surface area contributed by atoms with Crippen molar-refractivity contribution in [3.8, 4) is 17.0 Å². The van der Waals surface area contributed by atoms with E-state index in [4.69, 9.17) is 12.2 Å². The van der Waals surface area contributed by atoms with Gasteiger partial charge in [-0.15, -0.1) is 0 Å². The van der Waals surface area contributed by atoms with Gasteiger partial charge in [0.15, 0.2) is 4.77 Å². The third-order valence-electron chi connectivity index (χ3n) is 1.89. The van der Waals surface area contributed by atoms with Gasteiger partial charge in [0.1, 0.15) is 5.56 Å². The highest BCUT2D eigenvalue weighted by Gasteiger charge is 2.09. The Kier molecular flexibility index (Phi) is 2.34. The minimum Gasteiger partial charge on any atom is -0.494 e. The van der Waals surface area contributed by atoms with Crippen molar-refractivity contribution in [2.45, 2.75) is 0 Å². The Morgan fingerprint density at radius 1 is 1.27 bits per heavy atom. The molecule has 0 aromatic carbocycles. The number of hydrogen-bond donors (Lipinski definition) is 3. The molecule has 76 valence electrons. The van der Waals surface area contributed by atoms with Crippen LogP contribution in [0.4, 0.5) is 0 Å². The van der Waals surface area contributed by atoms with Crippen molar-refractivity contribution in [1.29, 1.82) is 0 Å². The van der Waals surface area contributed by atoms with Gasteiger partial charge in [-0.2, -0.15) is 0 Å². The molecule has 0 aliphatic rings. The van der Waals surface area contributed by atoms with Crippen LogP contribution in [0.25, 0.3) is 11.1 Å². The first-order valence-electron chi connectivity index (χ1n) is 4.14. The van der Waals surface area contributed by atoms with Gasteiger partial charge in [0.25, 0.3) is 5.56 Å². The summed E-state index contributed by atoms with van der Waals surface area (Å²) < 4.78 is 0.0929. The lowest BCUT2D eigenvalue weighted by Gasteiger charge is -2.02. The van der Waals surface area contributed by atoms with E-state index in [2.05, 4.69) is 15.0 Å². The highest BCUT2D eigenvalue weighted by atomic mass is 32.1. The maximum Gasteiger partial charge on any atom is 0.263 e. The molecule has 0 radical (unpaired) electrons. The normalized spacial score (nSPS) is 10.1. The minimum absolute atomic E-state index is 0.0929. The molecule has 0 bridgehead atoms. The van der Waals surface area contributed by atoms with Crippen LogP contribution in [0.2, 0.25) is 0 Å². The van der Waals surface area contributed by atoms with Gasteiger partial charge in [-0.1, -0.05) is 0 Å². The van der Waals surface area contributed by atoms with Gasteiger partial charge in [0.2, 0.25) is 5.88 Å². The lowest BCUT2D eigenvalue weighted by atomic mass is 10.1. The van der Waals surface area contributed by atoms with E-state index < -0.39 is 5.56 Å². The number of hydrogen-bond acceptors (Lipinski definition) is 4. The van der Waals surface area contributed by atoms with Crippen molar-refractivity contribution in [2.75, 3.05) is 0 Å². The Hall–Kier alpha value is -1.95. The summed E-state index contributed by atoms with van der Waals surface area (Å²) in [6, 6.07) is 3.25. The fraction of sp³-hybridized carbons (Fsp3) is 0. The molecule has 6 heteroatoms. The van der Waals surface area contributed by atoms with E-state index in [9.17, 15) is 9.90 Å². The minimum atomic E-state index is -0.428. The van der Waals surface area contributed by atoms with Crippen molar-refractivity contribution in [3.05, 3.63) is 39.7 Å². The van der Waals surface area contributed by atoms with Crippen molar-refractivity contribution >= 4 is 12.2 Å². The number of pyridine rings is 1. The first-order chi connectivity index (χ1) is 7.18. The standard InChI is InChI=1S/C9H7N3O2S/c13-7-6(5-1-3-10-4-2-5)8(14)12-9(15)11-7/h1-4H,(H3,11,12,13,14,15). The third-order valence-corrected chi connectivity index (χ3v) is 2.10. The summed E-state index contributed by atoms with van der Waals surface area (Å²) in [5.74, 6) is -0.241. The number of nitrogens with one attached hydrogen (secondary N) is 2. The molecule has 15 heavy (non-hydrogen) atoms. The Bertz CT molecular complexity index is 588. The lowest BCUT2D eigenvalue weighted by molar-refractivity contribution is 0.452. The average Bonchev–Trinajstić information content (AvgIpc) is 2.17. The van der Waals surface area contributed by atoms with Crippen LogP contribution in [0.1, 0.15) is 0 Å². The smallest absolute Gasteiger partial charge is 0.263 e. The summed E-state index contributed by atoms with van der Waals surface area (Å²) in [7, 11) is 0. The van der Waals surface area contributed by atoms with Crippen LogP contribution in [0.15, 0.2) is 29.3 Å². The molecule has 0 fully saturated rings. The number of aromatic amines is 2. The highest BCUT2D eigenvalue weighted by Crippen LogP contribution is 2.21. The molecule has 0 unspecified atom stereocenters. The van der Waals surface area contributed by atoms with Crippen LogP contribution >= 0.6 is 12.2 Å². The van der Waals surface area contributed by atoms with Crippen LogP contribution in [0, 0.1) is 4.77 Å². The molecular formula is C9H7N3O2S. The lowest BCUT2D eigenvalue weighted by Crippen LogP contribution is -2.10. The zero-order valence-electron chi connectivity index (χ0n) is 7.52. The molecule has 5 nitrogen and oxygen atoms in total. The van der Waals surface area contributed by atoms with Crippen LogP contribution in [-0.2, 0) is 0 Å². The molecule has 0 aliphatic carbocycles. The average molecular weight is 221 g/mol. The van der Waals surface area contributed by atoms with Gasteiger partial charge in [-0.3, -0.25) is 14.8 Å². The summed E-state index contributed by atoms with van der Waals surface area (Å²) in [5, 5.41) is 9.56. The molecule has 0 saturated carbocycles. The summed E-state index contributed by atoms with van der Waals surface area (Å²) in [5.41, 5.74) is 0.309. The maximum atomic E-state index is 11.5. The molecule has 2 heterocycles. The Balaban J connectivity index is 2.75. The van der Waals surface area contributed by atoms with E-state index in [0.717, 1.165) is 0 Å². The molecular weight excluding hydrogens is 214 g/mol. The van der Waals surface area contributed by atoms with E-state index in [1.165, 1.54) is 12.4 Å². The predicted octanol–water partition coefficient (Wildman–Crippen LogP) is 1.20. The summed E-state index contributed by atoms with van der Waals surface area (Å²) >= 11 is 4.71. The summed E-state index contributed by atoms with van der Waals surface area (Å²) in [4.78, 5) is 20.2. The first kappa shape index (κ1) is 9.60. The number of aromatic nitrogens is 3. The zero-order valence-corrected chi connectivity index (χ0v) is 8.34. The number of nitrogens with zero attached hydrogens (tertiary/aromatic N) is 1. The van der Waals surface area contributed by atoms with E-state index in [1.807, 2.05) is 0 Å². The summed E-state index contributed by atoms with van der Waals surface area (Å²) in [6.07, 6.45) is 3.08. The Labute approximate surface area is 89.5 Å². The van der Waals surface area contributed by atoms with Crippen molar-refractivity contribution in [2.24, 2.45) is 0 Å². The number of H-pyrrole nitrogens is 2. The van der Waals surface area contributed by atoms with Gasteiger partial charge < -0.3 is 10.1 Å². The second-order valence-electron chi connectivity index (χ2n) is 2.87. The molecule has 2 aromatic rings. The monoisotopic (exact) mass is 221 g/mol. The van der Waals surface area contributed by atoms with Crippen LogP contribution < -0.4 is 5.56 Å². The fourth-order valence-corrected chi connectivity index (χ4v) is 1.45. The third kappa shape index (κ3) is 1.79. The second-order valence-corrected chi connectivity index (χ2v) is 3.28. The molecule has 0 saturated heterocycles. The van der Waals surface area contributed by atoms with Gasteiger partial charge in [0.05, 0.1) is 0 Å². The van der Waals surface area contributed by atoms with E-state index in [1.54, 1.807) is 12.1 Å². The van der Waals surface area contributed by atoms with Crippen LogP contribution in [-0.4, -0.2) is 20.1 Å².